The molecule has 0 saturated carbocycles. The summed E-state index contributed by atoms with van der Waals surface area (Å²) in [4.78, 5) is 28.7. The van der Waals surface area contributed by atoms with Gasteiger partial charge in [0, 0.05) is 23.3 Å². The fourth-order valence-corrected chi connectivity index (χ4v) is 4.68. The monoisotopic (exact) mass is 406 g/mol. The smallest absolute Gasteiger partial charge is 0.355 e. The van der Waals surface area contributed by atoms with Gasteiger partial charge in [-0.3, -0.25) is 4.79 Å². The minimum absolute atomic E-state index is 0.0309. The van der Waals surface area contributed by atoms with Crippen molar-refractivity contribution in [3.8, 4) is 0 Å². The molecule has 0 aromatic carbocycles. The Kier molecular flexibility index (Phi) is 5.51. The van der Waals surface area contributed by atoms with Crippen LogP contribution in [0.4, 0.5) is 0 Å². The molecule has 128 valence electrons. The Balaban J connectivity index is 2.01. The second kappa shape index (κ2) is 7.04. The Labute approximate surface area is 143 Å². The van der Waals surface area contributed by atoms with E-state index in [-0.39, 0.29) is 29.1 Å². The van der Waals surface area contributed by atoms with Crippen molar-refractivity contribution in [2.24, 2.45) is 0 Å². The SMILES string of the molecule is CCN(C(=O)C(C)OC(=O)c1cc(Br)c[nH]1)C1CCS(=O)(=O)C1. The predicted octanol–water partition coefficient (Wildman–Crippen LogP) is 1.36. The minimum atomic E-state index is -3.08. The first-order valence-electron chi connectivity index (χ1n) is 7.29. The number of aromatic nitrogens is 1. The first-order chi connectivity index (χ1) is 10.7. The number of aromatic amines is 1. The van der Waals surface area contributed by atoms with Gasteiger partial charge in [0.15, 0.2) is 15.9 Å². The van der Waals surface area contributed by atoms with Gasteiger partial charge in [-0.1, -0.05) is 0 Å². The number of hydrogen-bond donors (Lipinski definition) is 1. The highest BCUT2D eigenvalue weighted by Crippen LogP contribution is 2.19. The van der Waals surface area contributed by atoms with E-state index in [4.69, 9.17) is 4.74 Å². The van der Waals surface area contributed by atoms with E-state index >= 15 is 0 Å². The van der Waals surface area contributed by atoms with Crippen molar-refractivity contribution < 1.29 is 22.7 Å². The lowest BCUT2D eigenvalue weighted by Crippen LogP contribution is -2.46. The Bertz CT molecular complexity index is 700. The van der Waals surface area contributed by atoms with Crippen molar-refractivity contribution in [2.45, 2.75) is 32.4 Å². The van der Waals surface area contributed by atoms with Gasteiger partial charge in [-0.2, -0.15) is 0 Å². The number of sulfone groups is 1. The summed E-state index contributed by atoms with van der Waals surface area (Å²) in [6, 6.07) is 1.21. The molecule has 1 saturated heterocycles. The predicted molar refractivity (Wildman–Crippen MR) is 87.8 cm³/mol. The van der Waals surface area contributed by atoms with E-state index < -0.39 is 21.9 Å². The van der Waals surface area contributed by atoms with Crippen molar-refractivity contribution >= 4 is 37.6 Å². The van der Waals surface area contributed by atoms with Crippen LogP contribution in [0.25, 0.3) is 0 Å². The number of halogens is 1. The molecule has 1 aliphatic heterocycles. The van der Waals surface area contributed by atoms with Crippen LogP contribution in [0.15, 0.2) is 16.7 Å². The van der Waals surface area contributed by atoms with E-state index in [0.717, 1.165) is 0 Å². The van der Waals surface area contributed by atoms with Crippen LogP contribution in [-0.2, 0) is 19.4 Å². The van der Waals surface area contributed by atoms with Gasteiger partial charge < -0.3 is 14.6 Å². The zero-order valence-corrected chi connectivity index (χ0v) is 15.3. The summed E-state index contributed by atoms with van der Waals surface area (Å²) in [7, 11) is -3.08. The van der Waals surface area contributed by atoms with E-state index in [0.29, 0.717) is 17.4 Å². The summed E-state index contributed by atoms with van der Waals surface area (Å²) in [6.45, 7) is 3.64. The van der Waals surface area contributed by atoms with E-state index in [1.165, 1.54) is 11.8 Å². The number of carbonyl (C=O) groups is 2. The van der Waals surface area contributed by atoms with Crippen LogP contribution in [-0.4, -0.2) is 60.4 Å². The lowest BCUT2D eigenvalue weighted by Gasteiger charge is -2.29. The molecule has 0 bridgehead atoms. The molecule has 0 radical (unpaired) electrons. The molecule has 1 amide bonds. The van der Waals surface area contributed by atoms with Crippen molar-refractivity contribution in [2.75, 3.05) is 18.1 Å². The first-order valence-corrected chi connectivity index (χ1v) is 9.90. The van der Waals surface area contributed by atoms with Crippen molar-refractivity contribution in [1.29, 1.82) is 0 Å². The Hall–Kier alpha value is -1.35. The van der Waals surface area contributed by atoms with Gasteiger partial charge in [0.25, 0.3) is 5.91 Å². The van der Waals surface area contributed by atoms with Crippen LogP contribution >= 0.6 is 15.9 Å². The van der Waals surface area contributed by atoms with Gasteiger partial charge in [-0.25, -0.2) is 13.2 Å². The Morgan fingerprint density at radius 2 is 2.22 bits per heavy atom. The number of nitrogens with one attached hydrogen (secondary N) is 1. The summed E-state index contributed by atoms with van der Waals surface area (Å²) in [5, 5.41) is 0. The average Bonchev–Trinajstić information content (AvgIpc) is 3.05. The second-order valence-corrected chi connectivity index (χ2v) is 8.60. The number of H-pyrrole nitrogens is 1. The number of hydrogen-bond acceptors (Lipinski definition) is 5. The number of esters is 1. The number of nitrogens with zero attached hydrogens (tertiary/aromatic N) is 1. The molecule has 1 aromatic rings. The number of rotatable bonds is 5. The van der Waals surface area contributed by atoms with Crippen LogP contribution in [0.5, 0.6) is 0 Å². The van der Waals surface area contributed by atoms with Crippen molar-refractivity contribution in [3.63, 3.8) is 0 Å². The minimum Gasteiger partial charge on any atom is -0.448 e. The quantitative estimate of drug-likeness (QED) is 0.744. The van der Waals surface area contributed by atoms with E-state index in [2.05, 4.69) is 20.9 Å². The van der Waals surface area contributed by atoms with E-state index in [9.17, 15) is 18.0 Å². The molecule has 0 aliphatic carbocycles. The zero-order chi connectivity index (χ0) is 17.2. The zero-order valence-electron chi connectivity index (χ0n) is 12.9. The average molecular weight is 407 g/mol. The molecule has 2 rings (SSSR count). The molecule has 9 heteroatoms. The summed E-state index contributed by atoms with van der Waals surface area (Å²) < 4.78 is 29.1. The normalized spacial score (nSPS) is 20.9. The van der Waals surface area contributed by atoms with Gasteiger partial charge in [0.1, 0.15) is 5.69 Å². The molecule has 0 spiro atoms. The number of likely N-dealkylation sites (N-methyl/N-ethyl adjacent to an activating group) is 1. The number of carbonyl (C=O) groups excluding carboxylic acids is 2. The van der Waals surface area contributed by atoms with Gasteiger partial charge >= 0.3 is 5.97 Å². The fourth-order valence-electron chi connectivity index (χ4n) is 2.61. The van der Waals surface area contributed by atoms with E-state index in [1.54, 1.807) is 19.2 Å². The van der Waals surface area contributed by atoms with Crippen molar-refractivity contribution in [3.05, 3.63) is 22.4 Å². The standard InChI is InChI=1S/C14H19BrN2O5S/c1-3-17(11-4-5-23(20,21)8-11)13(18)9(2)22-14(19)12-6-10(15)7-16-12/h6-7,9,11,16H,3-5,8H2,1-2H3. The van der Waals surface area contributed by atoms with Crippen LogP contribution < -0.4 is 0 Å². The maximum absolute atomic E-state index is 12.5. The lowest BCUT2D eigenvalue weighted by molar-refractivity contribution is -0.141. The van der Waals surface area contributed by atoms with Crippen LogP contribution in [0.1, 0.15) is 30.8 Å². The van der Waals surface area contributed by atoms with Crippen LogP contribution in [0.2, 0.25) is 0 Å². The second-order valence-electron chi connectivity index (χ2n) is 5.46. The largest absolute Gasteiger partial charge is 0.448 e. The highest BCUT2D eigenvalue weighted by molar-refractivity contribution is 9.10. The summed E-state index contributed by atoms with van der Waals surface area (Å²) in [5.41, 5.74) is 0.239. The third-order valence-corrected chi connectivity index (χ3v) is 5.98. The highest BCUT2D eigenvalue weighted by Gasteiger charge is 2.36. The van der Waals surface area contributed by atoms with Gasteiger partial charge in [0.05, 0.1) is 11.5 Å². The third-order valence-electron chi connectivity index (χ3n) is 3.77. The van der Waals surface area contributed by atoms with Crippen molar-refractivity contribution in [1.82, 2.24) is 9.88 Å². The Morgan fingerprint density at radius 1 is 1.52 bits per heavy atom. The molecule has 23 heavy (non-hydrogen) atoms. The third kappa shape index (κ3) is 4.35. The van der Waals surface area contributed by atoms with Gasteiger partial charge in [0.2, 0.25) is 0 Å². The van der Waals surface area contributed by atoms with Crippen LogP contribution in [0, 0.1) is 0 Å². The summed E-state index contributed by atoms with van der Waals surface area (Å²) >= 11 is 3.21. The molecular formula is C14H19BrN2O5S. The molecule has 2 heterocycles. The Morgan fingerprint density at radius 3 is 2.70 bits per heavy atom. The first kappa shape index (κ1) is 18.0. The van der Waals surface area contributed by atoms with Gasteiger partial charge in [-0.05, 0) is 42.3 Å². The number of ether oxygens (including phenoxy) is 1. The topological polar surface area (TPSA) is 96.5 Å². The fraction of sp³-hybridized carbons (Fsp3) is 0.571. The molecule has 2 unspecified atom stereocenters. The number of amides is 1. The molecule has 2 atom stereocenters. The van der Waals surface area contributed by atoms with Gasteiger partial charge in [-0.15, -0.1) is 0 Å². The molecule has 7 nitrogen and oxygen atoms in total. The van der Waals surface area contributed by atoms with Crippen LogP contribution in [0.3, 0.4) is 0 Å². The molecule has 1 N–H and O–H groups in total. The molecule has 1 aliphatic rings. The molecular weight excluding hydrogens is 388 g/mol. The lowest BCUT2D eigenvalue weighted by atomic mass is 10.2. The summed E-state index contributed by atoms with van der Waals surface area (Å²) in [5.74, 6) is -0.955. The van der Waals surface area contributed by atoms with E-state index in [1.807, 2.05) is 0 Å². The molecule has 1 fully saturated rings. The molecule has 1 aromatic heterocycles. The summed E-state index contributed by atoms with van der Waals surface area (Å²) in [6.07, 6.45) is 1.03. The maximum atomic E-state index is 12.5. The maximum Gasteiger partial charge on any atom is 0.355 e. The highest BCUT2D eigenvalue weighted by atomic mass is 79.9.